The van der Waals surface area contributed by atoms with Gasteiger partial charge in [0.2, 0.25) is 11.8 Å². The number of ether oxygens (including phenoxy) is 1. The molecular weight excluding hydrogens is 232 g/mol. The lowest BCUT2D eigenvalue weighted by molar-refractivity contribution is 0.327. The van der Waals surface area contributed by atoms with Crippen LogP contribution < -0.4 is 21.5 Å². The summed E-state index contributed by atoms with van der Waals surface area (Å²) in [5, 5.41) is 3.03. The summed E-state index contributed by atoms with van der Waals surface area (Å²) in [6.45, 7) is 2.49. The summed E-state index contributed by atoms with van der Waals surface area (Å²) in [5.74, 6) is 1.52. The molecule has 0 atom stereocenters. The molecule has 0 aliphatic heterocycles. The maximum Gasteiger partial charge on any atom is 0.223 e. The van der Waals surface area contributed by atoms with Gasteiger partial charge in [-0.1, -0.05) is 0 Å². The topological polar surface area (TPSA) is 112 Å². The van der Waals surface area contributed by atoms with E-state index in [9.17, 15) is 0 Å². The van der Waals surface area contributed by atoms with E-state index >= 15 is 0 Å². The van der Waals surface area contributed by atoms with Gasteiger partial charge in [0.15, 0.2) is 0 Å². The van der Waals surface area contributed by atoms with E-state index in [0.29, 0.717) is 24.1 Å². The SMILES string of the molecule is CCOc1ccc(Nc2cc(N)nc(N)n2)cn1. The van der Waals surface area contributed by atoms with Gasteiger partial charge in [0.1, 0.15) is 11.6 Å². The summed E-state index contributed by atoms with van der Waals surface area (Å²) in [6, 6.07) is 5.18. The van der Waals surface area contributed by atoms with Crippen molar-refractivity contribution in [1.82, 2.24) is 15.0 Å². The minimum Gasteiger partial charge on any atom is -0.478 e. The van der Waals surface area contributed by atoms with Crippen LogP contribution in [0.4, 0.5) is 23.3 Å². The highest BCUT2D eigenvalue weighted by Crippen LogP contribution is 2.17. The Morgan fingerprint density at radius 1 is 1.28 bits per heavy atom. The molecule has 0 radical (unpaired) electrons. The maximum atomic E-state index is 5.57. The summed E-state index contributed by atoms with van der Waals surface area (Å²) in [5.41, 5.74) is 11.8. The van der Waals surface area contributed by atoms with Crippen LogP contribution in [0.25, 0.3) is 0 Å². The lowest BCUT2D eigenvalue weighted by Crippen LogP contribution is -2.03. The van der Waals surface area contributed by atoms with Gasteiger partial charge in [-0.05, 0) is 13.0 Å². The van der Waals surface area contributed by atoms with Gasteiger partial charge in [-0.25, -0.2) is 4.98 Å². The summed E-state index contributed by atoms with van der Waals surface area (Å²) < 4.78 is 5.24. The molecule has 0 saturated heterocycles. The van der Waals surface area contributed by atoms with Gasteiger partial charge in [-0.3, -0.25) is 0 Å². The van der Waals surface area contributed by atoms with E-state index < -0.39 is 0 Å². The van der Waals surface area contributed by atoms with Crippen LogP contribution in [0.3, 0.4) is 0 Å². The van der Waals surface area contributed by atoms with Gasteiger partial charge in [0, 0.05) is 12.1 Å². The van der Waals surface area contributed by atoms with Crippen LogP contribution in [-0.2, 0) is 0 Å². The number of nitrogens with zero attached hydrogens (tertiary/aromatic N) is 3. The molecule has 0 aromatic carbocycles. The number of hydrogen-bond acceptors (Lipinski definition) is 7. The fourth-order valence-electron chi connectivity index (χ4n) is 1.38. The van der Waals surface area contributed by atoms with Crippen molar-refractivity contribution in [3.8, 4) is 5.88 Å². The molecule has 2 aromatic rings. The Kier molecular flexibility index (Phi) is 3.42. The summed E-state index contributed by atoms with van der Waals surface area (Å²) in [4.78, 5) is 11.9. The first-order valence-electron chi connectivity index (χ1n) is 5.43. The molecule has 0 aliphatic rings. The Morgan fingerprint density at radius 2 is 2.11 bits per heavy atom. The molecule has 0 unspecified atom stereocenters. The first-order chi connectivity index (χ1) is 8.67. The van der Waals surface area contributed by atoms with Crippen molar-refractivity contribution in [3.63, 3.8) is 0 Å². The number of nitrogen functional groups attached to an aromatic ring is 2. The second-order valence-corrected chi connectivity index (χ2v) is 3.48. The molecule has 2 aromatic heterocycles. The zero-order valence-corrected chi connectivity index (χ0v) is 9.92. The Morgan fingerprint density at radius 3 is 2.72 bits per heavy atom. The molecule has 0 amide bonds. The first kappa shape index (κ1) is 11.9. The highest BCUT2D eigenvalue weighted by atomic mass is 16.5. The van der Waals surface area contributed by atoms with Gasteiger partial charge >= 0.3 is 0 Å². The monoisotopic (exact) mass is 246 g/mol. The second kappa shape index (κ2) is 5.17. The molecule has 0 aliphatic carbocycles. The zero-order valence-electron chi connectivity index (χ0n) is 9.92. The van der Waals surface area contributed by atoms with Crippen molar-refractivity contribution in [2.45, 2.75) is 6.92 Å². The van der Waals surface area contributed by atoms with E-state index in [-0.39, 0.29) is 5.95 Å². The van der Waals surface area contributed by atoms with Crippen LogP contribution >= 0.6 is 0 Å². The molecule has 5 N–H and O–H groups in total. The van der Waals surface area contributed by atoms with Crippen LogP contribution in [0.2, 0.25) is 0 Å². The average molecular weight is 246 g/mol. The molecule has 2 rings (SSSR count). The Hall–Kier alpha value is -2.57. The number of anilines is 4. The van der Waals surface area contributed by atoms with Gasteiger partial charge in [0.25, 0.3) is 0 Å². The van der Waals surface area contributed by atoms with Crippen molar-refractivity contribution >= 4 is 23.3 Å². The number of hydrogen-bond donors (Lipinski definition) is 3. The van der Waals surface area contributed by atoms with Gasteiger partial charge < -0.3 is 21.5 Å². The van der Waals surface area contributed by atoms with E-state index in [2.05, 4.69) is 20.3 Å². The van der Waals surface area contributed by atoms with Crippen molar-refractivity contribution in [2.75, 3.05) is 23.4 Å². The summed E-state index contributed by atoms with van der Waals surface area (Å²) in [7, 11) is 0. The molecule has 2 heterocycles. The number of aromatic nitrogens is 3. The van der Waals surface area contributed by atoms with Crippen molar-refractivity contribution < 1.29 is 4.74 Å². The van der Waals surface area contributed by atoms with Crippen LogP contribution in [0.5, 0.6) is 5.88 Å². The van der Waals surface area contributed by atoms with Crippen molar-refractivity contribution in [2.24, 2.45) is 0 Å². The average Bonchev–Trinajstić information content (AvgIpc) is 2.31. The van der Waals surface area contributed by atoms with Crippen molar-refractivity contribution in [3.05, 3.63) is 24.4 Å². The second-order valence-electron chi connectivity index (χ2n) is 3.48. The van der Waals surface area contributed by atoms with E-state index in [4.69, 9.17) is 16.2 Å². The smallest absolute Gasteiger partial charge is 0.223 e. The van der Waals surface area contributed by atoms with E-state index in [1.165, 1.54) is 0 Å². The zero-order chi connectivity index (χ0) is 13.0. The highest BCUT2D eigenvalue weighted by molar-refractivity contribution is 5.59. The molecule has 0 bridgehead atoms. The largest absolute Gasteiger partial charge is 0.478 e. The number of nitrogens with one attached hydrogen (secondary N) is 1. The van der Waals surface area contributed by atoms with Crippen molar-refractivity contribution in [1.29, 1.82) is 0 Å². The predicted octanol–water partition coefficient (Wildman–Crippen LogP) is 1.18. The lowest BCUT2D eigenvalue weighted by Gasteiger charge is -2.07. The van der Waals surface area contributed by atoms with Gasteiger partial charge in [-0.2, -0.15) is 9.97 Å². The molecule has 94 valence electrons. The standard InChI is InChI=1S/C11H14N6O/c1-2-18-10-4-3-7(6-14-10)15-9-5-8(12)16-11(13)17-9/h3-6H,2H2,1H3,(H5,12,13,15,16,17). The normalized spacial score (nSPS) is 10.1. The number of nitrogens with two attached hydrogens (primary N) is 2. The first-order valence-corrected chi connectivity index (χ1v) is 5.43. The Balaban J connectivity index is 2.13. The third-order valence-corrected chi connectivity index (χ3v) is 2.06. The quantitative estimate of drug-likeness (QED) is 0.742. The third kappa shape index (κ3) is 2.97. The molecule has 0 spiro atoms. The minimum absolute atomic E-state index is 0.122. The third-order valence-electron chi connectivity index (χ3n) is 2.06. The molecule has 7 heteroatoms. The van der Waals surface area contributed by atoms with E-state index in [1.54, 1.807) is 18.3 Å². The number of rotatable bonds is 4. The predicted molar refractivity (Wildman–Crippen MR) is 69.5 cm³/mol. The molecule has 0 saturated carbocycles. The lowest BCUT2D eigenvalue weighted by atomic mass is 10.4. The van der Waals surface area contributed by atoms with Gasteiger partial charge in [-0.15, -0.1) is 0 Å². The van der Waals surface area contributed by atoms with E-state index in [0.717, 1.165) is 5.69 Å². The van der Waals surface area contributed by atoms with Crippen LogP contribution in [0, 0.1) is 0 Å². The fourth-order valence-corrected chi connectivity index (χ4v) is 1.38. The van der Waals surface area contributed by atoms with Crippen LogP contribution in [-0.4, -0.2) is 21.6 Å². The maximum absolute atomic E-state index is 5.57. The molecule has 0 fully saturated rings. The Labute approximate surface area is 104 Å². The van der Waals surface area contributed by atoms with Crippen LogP contribution in [0.15, 0.2) is 24.4 Å². The number of pyridine rings is 1. The Bertz CT molecular complexity index is 507. The minimum atomic E-state index is 0.122. The fraction of sp³-hybridized carbons (Fsp3) is 0.182. The van der Waals surface area contributed by atoms with Gasteiger partial charge in [0.05, 0.1) is 18.5 Å². The summed E-state index contributed by atoms with van der Waals surface area (Å²) in [6.07, 6.45) is 1.64. The highest BCUT2D eigenvalue weighted by Gasteiger charge is 2.01. The van der Waals surface area contributed by atoms with Crippen LogP contribution in [0.1, 0.15) is 6.92 Å². The molecule has 18 heavy (non-hydrogen) atoms. The van der Waals surface area contributed by atoms with E-state index in [1.807, 2.05) is 13.0 Å². The molecular formula is C11H14N6O. The summed E-state index contributed by atoms with van der Waals surface area (Å²) >= 11 is 0. The molecule has 7 nitrogen and oxygen atoms in total.